The van der Waals surface area contributed by atoms with Crippen molar-refractivity contribution < 1.29 is 9.47 Å². The molecule has 0 saturated carbocycles. The molecule has 0 spiro atoms. The highest BCUT2D eigenvalue weighted by Crippen LogP contribution is 2.38. The van der Waals surface area contributed by atoms with Gasteiger partial charge >= 0.3 is 0 Å². The molecule has 76 valence electrons. The van der Waals surface area contributed by atoms with Crippen LogP contribution in [0.2, 0.25) is 0 Å². The summed E-state index contributed by atoms with van der Waals surface area (Å²) in [7, 11) is 0. The molecule has 2 rings (SSSR count). The summed E-state index contributed by atoms with van der Waals surface area (Å²) in [6.07, 6.45) is 0.916. The summed E-state index contributed by atoms with van der Waals surface area (Å²) >= 11 is 3.48. The van der Waals surface area contributed by atoms with Gasteiger partial charge < -0.3 is 15.2 Å². The topological polar surface area (TPSA) is 44.5 Å². The van der Waals surface area contributed by atoms with Crippen LogP contribution < -0.4 is 15.2 Å². The first-order valence-electron chi connectivity index (χ1n) is 4.60. The van der Waals surface area contributed by atoms with Crippen LogP contribution in [-0.4, -0.2) is 13.2 Å². The maximum absolute atomic E-state index is 5.60. The lowest BCUT2D eigenvalue weighted by atomic mass is 10.2. The van der Waals surface area contributed by atoms with Gasteiger partial charge in [-0.1, -0.05) is 6.07 Å². The minimum absolute atomic E-state index is 0.497. The van der Waals surface area contributed by atoms with Gasteiger partial charge in [0, 0.05) is 13.0 Å². The third-order valence-corrected chi connectivity index (χ3v) is 3.02. The van der Waals surface area contributed by atoms with Crippen molar-refractivity contribution in [3.8, 4) is 11.5 Å². The predicted molar refractivity (Wildman–Crippen MR) is 57.6 cm³/mol. The molecule has 1 aliphatic heterocycles. The molecule has 2 N–H and O–H groups in total. The molecule has 3 nitrogen and oxygen atoms in total. The van der Waals surface area contributed by atoms with Gasteiger partial charge in [0.25, 0.3) is 0 Å². The van der Waals surface area contributed by atoms with Gasteiger partial charge in [-0.15, -0.1) is 0 Å². The van der Waals surface area contributed by atoms with Crippen LogP contribution in [0.25, 0.3) is 0 Å². The van der Waals surface area contributed by atoms with E-state index in [4.69, 9.17) is 15.2 Å². The van der Waals surface area contributed by atoms with Crippen LogP contribution in [0.15, 0.2) is 16.6 Å². The van der Waals surface area contributed by atoms with E-state index in [1.807, 2.05) is 12.1 Å². The van der Waals surface area contributed by atoms with Crippen molar-refractivity contribution in [2.75, 3.05) is 13.2 Å². The lowest BCUT2D eigenvalue weighted by Gasteiger charge is -2.11. The van der Waals surface area contributed by atoms with E-state index < -0.39 is 0 Å². The Balaban J connectivity index is 2.44. The van der Waals surface area contributed by atoms with Crippen molar-refractivity contribution in [2.45, 2.75) is 13.0 Å². The number of rotatable bonds is 1. The summed E-state index contributed by atoms with van der Waals surface area (Å²) in [4.78, 5) is 0. The molecule has 0 saturated heterocycles. The lowest BCUT2D eigenvalue weighted by molar-refractivity contribution is 0.296. The van der Waals surface area contributed by atoms with E-state index in [-0.39, 0.29) is 0 Å². The molecule has 14 heavy (non-hydrogen) atoms. The van der Waals surface area contributed by atoms with Crippen LogP contribution in [0.1, 0.15) is 12.0 Å². The molecule has 0 amide bonds. The second-order valence-corrected chi connectivity index (χ2v) is 3.91. The molecule has 4 heteroatoms. The molecule has 0 aromatic heterocycles. The molecular formula is C10H12BrNO2. The van der Waals surface area contributed by atoms with Gasteiger partial charge in [-0.05, 0) is 27.6 Å². The summed E-state index contributed by atoms with van der Waals surface area (Å²) in [6, 6.07) is 3.87. The van der Waals surface area contributed by atoms with Crippen LogP contribution in [0.5, 0.6) is 11.5 Å². The molecule has 1 aliphatic rings. The Labute approximate surface area is 91.3 Å². The van der Waals surface area contributed by atoms with Crippen molar-refractivity contribution in [2.24, 2.45) is 5.73 Å². The van der Waals surface area contributed by atoms with Gasteiger partial charge in [-0.25, -0.2) is 0 Å². The molecule has 1 aromatic carbocycles. The van der Waals surface area contributed by atoms with Gasteiger partial charge in [0.2, 0.25) is 0 Å². The molecule has 0 fully saturated rings. The zero-order valence-corrected chi connectivity index (χ0v) is 9.34. The van der Waals surface area contributed by atoms with Crippen molar-refractivity contribution in [3.05, 3.63) is 22.2 Å². The third-order valence-electron chi connectivity index (χ3n) is 2.15. The zero-order chi connectivity index (χ0) is 9.97. The van der Waals surface area contributed by atoms with E-state index in [1.165, 1.54) is 0 Å². The van der Waals surface area contributed by atoms with Crippen molar-refractivity contribution in [1.29, 1.82) is 0 Å². The minimum atomic E-state index is 0.497. The van der Waals surface area contributed by atoms with Gasteiger partial charge in [-0.2, -0.15) is 0 Å². The SMILES string of the molecule is NCc1ccc2c(c1Br)OCCCO2. The van der Waals surface area contributed by atoms with E-state index in [0.29, 0.717) is 19.8 Å². The average molecular weight is 258 g/mol. The van der Waals surface area contributed by atoms with Gasteiger partial charge in [0.15, 0.2) is 11.5 Å². The Morgan fingerprint density at radius 1 is 1.29 bits per heavy atom. The van der Waals surface area contributed by atoms with Crippen molar-refractivity contribution in [1.82, 2.24) is 0 Å². The van der Waals surface area contributed by atoms with E-state index >= 15 is 0 Å². The standard InChI is InChI=1S/C10H12BrNO2/c11-9-7(6-12)2-3-8-10(9)14-5-1-4-13-8/h2-3H,1,4-6,12H2. The second-order valence-electron chi connectivity index (χ2n) is 3.12. The third kappa shape index (κ3) is 1.72. The summed E-state index contributed by atoms with van der Waals surface area (Å²) in [5.41, 5.74) is 6.63. The molecule has 0 atom stereocenters. The highest BCUT2D eigenvalue weighted by Gasteiger charge is 2.15. The Morgan fingerprint density at radius 3 is 2.86 bits per heavy atom. The fourth-order valence-corrected chi connectivity index (χ4v) is 2.00. The second kappa shape index (κ2) is 4.19. The summed E-state index contributed by atoms with van der Waals surface area (Å²) in [5.74, 6) is 1.58. The molecular weight excluding hydrogens is 246 g/mol. The summed E-state index contributed by atoms with van der Waals surface area (Å²) < 4.78 is 12.0. The Hall–Kier alpha value is -0.740. The molecule has 0 bridgehead atoms. The maximum atomic E-state index is 5.60. The average Bonchev–Trinajstić information content (AvgIpc) is 2.44. The number of hydrogen-bond acceptors (Lipinski definition) is 3. The molecule has 1 heterocycles. The number of ether oxygens (including phenoxy) is 2. The summed E-state index contributed by atoms with van der Waals surface area (Å²) in [6.45, 7) is 1.90. The predicted octanol–water partition coefficient (Wildman–Crippen LogP) is 2.07. The van der Waals surface area contributed by atoms with Gasteiger partial charge in [0.05, 0.1) is 17.7 Å². The highest BCUT2D eigenvalue weighted by molar-refractivity contribution is 9.10. The first-order valence-corrected chi connectivity index (χ1v) is 5.39. The fraction of sp³-hybridized carbons (Fsp3) is 0.400. The molecule has 0 aliphatic carbocycles. The maximum Gasteiger partial charge on any atom is 0.175 e. The van der Waals surface area contributed by atoms with Crippen LogP contribution in [0.4, 0.5) is 0 Å². The molecule has 0 radical (unpaired) electrons. The smallest absolute Gasteiger partial charge is 0.175 e. The van der Waals surface area contributed by atoms with Crippen LogP contribution in [0, 0.1) is 0 Å². The number of hydrogen-bond donors (Lipinski definition) is 1. The van der Waals surface area contributed by atoms with E-state index in [0.717, 1.165) is 28.0 Å². The monoisotopic (exact) mass is 257 g/mol. The Morgan fingerprint density at radius 2 is 2.07 bits per heavy atom. The van der Waals surface area contributed by atoms with Gasteiger partial charge in [-0.3, -0.25) is 0 Å². The number of halogens is 1. The van der Waals surface area contributed by atoms with E-state index in [2.05, 4.69) is 15.9 Å². The number of nitrogens with two attached hydrogens (primary N) is 1. The van der Waals surface area contributed by atoms with Crippen LogP contribution in [0.3, 0.4) is 0 Å². The fourth-order valence-electron chi connectivity index (χ4n) is 1.40. The highest BCUT2D eigenvalue weighted by atomic mass is 79.9. The number of fused-ring (bicyclic) bond motifs is 1. The molecule has 0 unspecified atom stereocenters. The first-order chi connectivity index (χ1) is 6.83. The Kier molecular flexibility index (Phi) is 2.93. The minimum Gasteiger partial charge on any atom is -0.490 e. The largest absolute Gasteiger partial charge is 0.490 e. The van der Waals surface area contributed by atoms with Gasteiger partial charge in [0.1, 0.15) is 0 Å². The zero-order valence-electron chi connectivity index (χ0n) is 7.75. The summed E-state index contributed by atoms with van der Waals surface area (Å²) in [5, 5.41) is 0. The quantitative estimate of drug-likeness (QED) is 0.838. The lowest BCUT2D eigenvalue weighted by Crippen LogP contribution is -2.00. The molecule has 1 aromatic rings. The van der Waals surface area contributed by atoms with Crippen molar-refractivity contribution in [3.63, 3.8) is 0 Å². The van der Waals surface area contributed by atoms with Crippen molar-refractivity contribution >= 4 is 15.9 Å². The normalized spacial score (nSPS) is 15.0. The first kappa shape index (κ1) is 9.80. The van der Waals surface area contributed by atoms with Crippen LogP contribution in [-0.2, 0) is 6.54 Å². The number of benzene rings is 1. The Bertz CT molecular complexity index is 341. The van der Waals surface area contributed by atoms with E-state index in [9.17, 15) is 0 Å². The van der Waals surface area contributed by atoms with E-state index in [1.54, 1.807) is 0 Å². The van der Waals surface area contributed by atoms with Crippen LogP contribution >= 0.6 is 15.9 Å².